The number of aryl methyl sites for hydroxylation is 1. The summed E-state index contributed by atoms with van der Waals surface area (Å²) in [6, 6.07) is 0. The van der Waals surface area contributed by atoms with Gasteiger partial charge in [-0.15, -0.1) is 0 Å². The number of hydrogen-bond donors (Lipinski definition) is 1. The van der Waals surface area contributed by atoms with E-state index in [2.05, 4.69) is 16.2 Å². The molecule has 76 valence electrons. The number of aromatic amines is 1. The number of rotatable bonds is 2. The lowest BCUT2D eigenvalue weighted by Crippen LogP contribution is -2.09. The Labute approximate surface area is 93.5 Å². The van der Waals surface area contributed by atoms with Crippen molar-refractivity contribution in [3.05, 3.63) is 21.7 Å². The number of H-pyrrole nitrogens is 1. The zero-order valence-electron chi connectivity index (χ0n) is 8.30. The van der Waals surface area contributed by atoms with Gasteiger partial charge >= 0.3 is 0 Å². The molecule has 1 aromatic heterocycles. The Kier molecular flexibility index (Phi) is 3.23. The van der Waals surface area contributed by atoms with Crippen LogP contribution in [0.25, 0.3) is 0 Å². The fourth-order valence-electron chi connectivity index (χ4n) is 1.88. The monoisotopic (exact) mass is 226 g/mol. The van der Waals surface area contributed by atoms with Gasteiger partial charge in [0.25, 0.3) is 0 Å². The van der Waals surface area contributed by atoms with E-state index in [-0.39, 0.29) is 0 Å². The molecule has 1 aliphatic rings. The van der Waals surface area contributed by atoms with Crippen LogP contribution in [0.5, 0.6) is 0 Å². The molecule has 0 saturated heterocycles. The number of thioether (sulfide) groups is 1. The van der Waals surface area contributed by atoms with Crippen molar-refractivity contribution in [3.63, 3.8) is 0 Å². The summed E-state index contributed by atoms with van der Waals surface area (Å²) in [6.07, 6.45) is 6.87. The Balaban J connectivity index is 2.41. The second-order valence-corrected chi connectivity index (χ2v) is 4.84. The summed E-state index contributed by atoms with van der Waals surface area (Å²) in [5.41, 5.74) is 2.62. The van der Waals surface area contributed by atoms with Gasteiger partial charge in [-0.1, -0.05) is 12.2 Å². The van der Waals surface area contributed by atoms with Crippen molar-refractivity contribution in [3.8, 4) is 0 Å². The van der Waals surface area contributed by atoms with Crippen molar-refractivity contribution < 1.29 is 0 Å². The van der Waals surface area contributed by atoms with Crippen LogP contribution >= 0.6 is 24.0 Å². The van der Waals surface area contributed by atoms with E-state index in [1.807, 2.05) is 0 Å². The molecule has 0 amide bonds. The van der Waals surface area contributed by atoms with Gasteiger partial charge in [-0.25, -0.2) is 4.98 Å². The van der Waals surface area contributed by atoms with Gasteiger partial charge in [-0.2, -0.15) is 11.8 Å². The van der Waals surface area contributed by atoms with Gasteiger partial charge in [0, 0.05) is 11.3 Å². The van der Waals surface area contributed by atoms with Gasteiger partial charge < -0.3 is 4.98 Å². The van der Waals surface area contributed by atoms with Crippen LogP contribution in [-0.4, -0.2) is 16.2 Å². The molecule has 1 N–H and O–H groups in total. The summed E-state index contributed by atoms with van der Waals surface area (Å²) in [5.74, 6) is 1.96. The van der Waals surface area contributed by atoms with Crippen LogP contribution in [0.1, 0.15) is 29.9 Å². The predicted octanol–water partition coefficient (Wildman–Crippen LogP) is 2.88. The topological polar surface area (TPSA) is 28.7 Å². The quantitative estimate of drug-likeness (QED) is 0.786. The SMILES string of the molecule is CSCc1nc(=S)c2c([nH]1)CCCC2. The lowest BCUT2D eigenvalue weighted by molar-refractivity contribution is 0.655. The first-order chi connectivity index (χ1) is 6.81. The maximum absolute atomic E-state index is 5.30. The van der Waals surface area contributed by atoms with Crippen molar-refractivity contribution >= 4 is 24.0 Å². The molecule has 0 bridgehead atoms. The average molecular weight is 226 g/mol. The molecule has 2 nitrogen and oxygen atoms in total. The van der Waals surface area contributed by atoms with Crippen LogP contribution in [0.2, 0.25) is 0 Å². The highest BCUT2D eigenvalue weighted by molar-refractivity contribution is 7.97. The number of aromatic nitrogens is 2. The molecule has 1 heterocycles. The largest absolute Gasteiger partial charge is 0.346 e. The summed E-state index contributed by atoms with van der Waals surface area (Å²) in [5, 5.41) is 0. The highest BCUT2D eigenvalue weighted by atomic mass is 32.2. The lowest BCUT2D eigenvalue weighted by atomic mass is 9.97. The summed E-state index contributed by atoms with van der Waals surface area (Å²) in [6.45, 7) is 0. The van der Waals surface area contributed by atoms with Gasteiger partial charge in [0.1, 0.15) is 10.5 Å². The molecule has 4 heteroatoms. The fraction of sp³-hybridized carbons (Fsp3) is 0.600. The molecule has 0 aliphatic heterocycles. The minimum atomic E-state index is 0.822. The van der Waals surface area contributed by atoms with Crippen molar-refractivity contribution in [2.24, 2.45) is 0 Å². The van der Waals surface area contributed by atoms with Crippen molar-refractivity contribution in [1.82, 2.24) is 9.97 Å². The molecule has 0 unspecified atom stereocenters. The number of nitrogens with one attached hydrogen (secondary N) is 1. The van der Waals surface area contributed by atoms with Gasteiger partial charge in [0.15, 0.2) is 0 Å². The van der Waals surface area contributed by atoms with Crippen LogP contribution in [-0.2, 0) is 18.6 Å². The van der Waals surface area contributed by atoms with Crippen LogP contribution in [0.4, 0.5) is 0 Å². The molecule has 0 aromatic carbocycles. The summed E-state index contributed by atoms with van der Waals surface area (Å²) in [7, 11) is 0. The second kappa shape index (κ2) is 4.45. The molecule has 1 aromatic rings. The summed E-state index contributed by atoms with van der Waals surface area (Å²) < 4.78 is 0.822. The maximum atomic E-state index is 5.30. The first kappa shape index (κ1) is 10.2. The molecular formula is C10H14N2S2. The minimum absolute atomic E-state index is 0.822. The zero-order chi connectivity index (χ0) is 9.97. The van der Waals surface area contributed by atoms with E-state index in [0.717, 1.165) is 29.1 Å². The van der Waals surface area contributed by atoms with Crippen molar-refractivity contribution in [2.75, 3.05) is 6.26 Å². The van der Waals surface area contributed by atoms with Crippen LogP contribution in [0, 0.1) is 4.64 Å². The highest BCUT2D eigenvalue weighted by Crippen LogP contribution is 2.20. The normalized spacial score (nSPS) is 15.2. The maximum Gasteiger partial charge on any atom is 0.133 e. The first-order valence-corrected chi connectivity index (χ1v) is 6.71. The van der Waals surface area contributed by atoms with E-state index in [1.54, 1.807) is 11.8 Å². The molecule has 0 spiro atoms. The molecule has 0 saturated carbocycles. The van der Waals surface area contributed by atoms with E-state index in [0.29, 0.717) is 0 Å². The zero-order valence-corrected chi connectivity index (χ0v) is 9.93. The minimum Gasteiger partial charge on any atom is -0.346 e. The molecular weight excluding hydrogens is 212 g/mol. The van der Waals surface area contributed by atoms with Crippen molar-refractivity contribution in [2.45, 2.75) is 31.4 Å². The molecule has 14 heavy (non-hydrogen) atoms. The number of hydrogen-bond acceptors (Lipinski definition) is 3. The van der Waals surface area contributed by atoms with Crippen LogP contribution in [0.3, 0.4) is 0 Å². The predicted molar refractivity (Wildman–Crippen MR) is 63.3 cm³/mol. The van der Waals surface area contributed by atoms with E-state index in [4.69, 9.17) is 12.2 Å². The van der Waals surface area contributed by atoms with E-state index < -0.39 is 0 Å². The Bertz CT molecular complexity index is 384. The summed E-state index contributed by atoms with van der Waals surface area (Å²) in [4.78, 5) is 7.82. The fourth-order valence-corrected chi connectivity index (χ4v) is 2.62. The Morgan fingerprint density at radius 3 is 3.00 bits per heavy atom. The lowest BCUT2D eigenvalue weighted by Gasteiger charge is -2.16. The van der Waals surface area contributed by atoms with Crippen LogP contribution in [0.15, 0.2) is 0 Å². The first-order valence-electron chi connectivity index (χ1n) is 4.91. The smallest absolute Gasteiger partial charge is 0.133 e. The van der Waals surface area contributed by atoms with Gasteiger partial charge in [0.05, 0.1) is 5.75 Å². The van der Waals surface area contributed by atoms with Gasteiger partial charge in [0.2, 0.25) is 0 Å². The van der Waals surface area contributed by atoms with Crippen molar-refractivity contribution in [1.29, 1.82) is 0 Å². The van der Waals surface area contributed by atoms with Crippen LogP contribution < -0.4 is 0 Å². The van der Waals surface area contributed by atoms with E-state index in [1.165, 1.54) is 24.1 Å². The van der Waals surface area contributed by atoms with Gasteiger partial charge in [-0.3, -0.25) is 0 Å². The second-order valence-electron chi connectivity index (χ2n) is 3.59. The Hall–Kier alpha value is -0.350. The third-order valence-electron chi connectivity index (χ3n) is 2.54. The number of nitrogens with zero attached hydrogens (tertiary/aromatic N) is 1. The number of fused-ring (bicyclic) bond motifs is 1. The third kappa shape index (κ3) is 2.01. The van der Waals surface area contributed by atoms with E-state index >= 15 is 0 Å². The standard InChI is InChI=1S/C10H14N2S2/c1-14-6-9-11-8-5-3-2-4-7(8)10(13)12-9/h2-6H2,1H3,(H,11,12,13). The molecule has 0 radical (unpaired) electrons. The Morgan fingerprint density at radius 2 is 2.21 bits per heavy atom. The molecule has 2 rings (SSSR count). The van der Waals surface area contributed by atoms with Gasteiger partial charge in [-0.05, 0) is 31.9 Å². The summed E-state index contributed by atoms with van der Waals surface area (Å²) >= 11 is 7.07. The average Bonchev–Trinajstić information content (AvgIpc) is 2.18. The molecule has 0 fully saturated rings. The molecule has 1 aliphatic carbocycles. The third-order valence-corrected chi connectivity index (χ3v) is 3.44. The molecule has 0 atom stereocenters. The Morgan fingerprint density at radius 1 is 1.43 bits per heavy atom. The van der Waals surface area contributed by atoms with E-state index in [9.17, 15) is 0 Å². The highest BCUT2D eigenvalue weighted by Gasteiger charge is 2.12.